The van der Waals surface area contributed by atoms with Crippen LogP contribution in [0.1, 0.15) is 12.6 Å². The number of hydrogen-bond acceptors (Lipinski definition) is 5. The lowest BCUT2D eigenvalue weighted by Crippen LogP contribution is -2.14. The van der Waals surface area contributed by atoms with E-state index in [4.69, 9.17) is 0 Å². The lowest BCUT2D eigenvalue weighted by molar-refractivity contribution is -0.114. The maximum atomic E-state index is 11.8. The molecule has 2 N–H and O–H groups in total. The molecule has 0 aliphatic carbocycles. The molecule has 110 valence electrons. The molecule has 0 bridgehead atoms. The second-order valence-electron chi connectivity index (χ2n) is 4.35. The van der Waals surface area contributed by atoms with E-state index in [1.807, 2.05) is 12.3 Å². The van der Waals surface area contributed by atoms with E-state index in [2.05, 4.69) is 15.6 Å². The summed E-state index contributed by atoms with van der Waals surface area (Å²) in [7, 11) is 0. The molecular formula is C14H15N3O2S2. The molecule has 0 saturated carbocycles. The average molecular weight is 321 g/mol. The van der Waals surface area contributed by atoms with Crippen molar-refractivity contribution in [2.24, 2.45) is 0 Å². The van der Waals surface area contributed by atoms with Crippen LogP contribution in [-0.4, -0.2) is 22.6 Å². The molecule has 2 rings (SSSR count). The number of carbonyl (C=O) groups excluding carboxylic acids is 2. The Kier molecular flexibility index (Phi) is 5.35. The quantitative estimate of drug-likeness (QED) is 0.830. The number of benzene rings is 1. The third-order valence-electron chi connectivity index (χ3n) is 2.41. The van der Waals surface area contributed by atoms with Crippen molar-refractivity contribution in [3.05, 3.63) is 35.3 Å². The van der Waals surface area contributed by atoms with E-state index in [-0.39, 0.29) is 11.8 Å². The van der Waals surface area contributed by atoms with E-state index in [0.29, 0.717) is 17.1 Å². The molecule has 0 aliphatic rings. The summed E-state index contributed by atoms with van der Waals surface area (Å²) in [5.41, 5.74) is 2.37. The van der Waals surface area contributed by atoms with Gasteiger partial charge in [-0.2, -0.15) is 0 Å². The molecule has 21 heavy (non-hydrogen) atoms. The molecule has 0 atom stereocenters. The van der Waals surface area contributed by atoms with Crippen molar-refractivity contribution in [3.63, 3.8) is 0 Å². The molecular weight excluding hydrogens is 306 g/mol. The van der Waals surface area contributed by atoms with Gasteiger partial charge in [-0.05, 0) is 31.2 Å². The number of carbonyl (C=O) groups is 2. The SMILES string of the molecule is CC(=O)Nc1ccc(NC(=O)CSc2nc(C)cs2)cc1. The maximum Gasteiger partial charge on any atom is 0.234 e. The zero-order chi connectivity index (χ0) is 15.2. The van der Waals surface area contributed by atoms with E-state index in [1.165, 1.54) is 30.0 Å². The molecule has 1 aromatic heterocycles. The number of aryl methyl sites for hydroxylation is 1. The van der Waals surface area contributed by atoms with Gasteiger partial charge in [-0.15, -0.1) is 11.3 Å². The molecule has 0 fully saturated rings. The smallest absolute Gasteiger partial charge is 0.234 e. The molecule has 0 unspecified atom stereocenters. The third-order valence-corrected chi connectivity index (χ3v) is 4.55. The average Bonchev–Trinajstić information content (AvgIpc) is 2.84. The van der Waals surface area contributed by atoms with Crippen molar-refractivity contribution in [1.82, 2.24) is 4.98 Å². The van der Waals surface area contributed by atoms with Crippen LogP contribution in [-0.2, 0) is 9.59 Å². The van der Waals surface area contributed by atoms with E-state index in [0.717, 1.165) is 10.0 Å². The van der Waals surface area contributed by atoms with Crippen LogP contribution in [0.4, 0.5) is 11.4 Å². The van der Waals surface area contributed by atoms with Gasteiger partial charge in [-0.1, -0.05) is 11.8 Å². The highest BCUT2D eigenvalue weighted by atomic mass is 32.2. The van der Waals surface area contributed by atoms with Crippen molar-refractivity contribution < 1.29 is 9.59 Å². The van der Waals surface area contributed by atoms with Crippen LogP contribution in [0.5, 0.6) is 0 Å². The topological polar surface area (TPSA) is 71.1 Å². The highest BCUT2D eigenvalue weighted by Gasteiger charge is 2.06. The maximum absolute atomic E-state index is 11.8. The first-order valence-corrected chi connectivity index (χ1v) is 8.12. The molecule has 1 aromatic carbocycles. The van der Waals surface area contributed by atoms with Gasteiger partial charge in [0, 0.05) is 29.4 Å². The van der Waals surface area contributed by atoms with Crippen LogP contribution in [0.25, 0.3) is 0 Å². The molecule has 2 aromatic rings. The van der Waals surface area contributed by atoms with Gasteiger partial charge in [0.25, 0.3) is 0 Å². The number of amides is 2. The van der Waals surface area contributed by atoms with Crippen LogP contribution < -0.4 is 10.6 Å². The van der Waals surface area contributed by atoms with Gasteiger partial charge in [0.05, 0.1) is 5.75 Å². The molecule has 1 heterocycles. The van der Waals surface area contributed by atoms with Crippen molar-refractivity contribution in [1.29, 1.82) is 0 Å². The number of aromatic nitrogens is 1. The minimum absolute atomic E-state index is 0.0832. The Morgan fingerprint density at radius 1 is 1.19 bits per heavy atom. The van der Waals surface area contributed by atoms with Gasteiger partial charge < -0.3 is 10.6 Å². The van der Waals surface area contributed by atoms with E-state index in [1.54, 1.807) is 24.3 Å². The number of hydrogen-bond donors (Lipinski definition) is 2. The second-order valence-corrected chi connectivity index (χ2v) is 6.43. The molecule has 5 nitrogen and oxygen atoms in total. The van der Waals surface area contributed by atoms with Gasteiger partial charge in [-0.3, -0.25) is 9.59 Å². The molecule has 2 amide bonds. The Bertz CT molecular complexity index is 638. The van der Waals surface area contributed by atoms with E-state index >= 15 is 0 Å². The number of rotatable bonds is 5. The summed E-state index contributed by atoms with van der Waals surface area (Å²) in [6.45, 7) is 3.38. The van der Waals surface area contributed by atoms with Crippen LogP contribution in [0.2, 0.25) is 0 Å². The van der Waals surface area contributed by atoms with Crippen LogP contribution in [0, 0.1) is 6.92 Å². The van der Waals surface area contributed by atoms with E-state index in [9.17, 15) is 9.59 Å². The number of thioether (sulfide) groups is 1. The van der Waals surface area contributed by atoms with Crippen molar-refractivity contribution in [2.75, 3.05) is 16.4 Å². The van der Waals surface area contributed by atoms with Crippen molar-refractivity contribution in [3.8, 4) is 0 Å². The fourth-order valence-electron chi connectivity index (χ4n) is 1.56. The van der Waals surface area contributed by atoms with Gasteiger partial charge in [0.2, 0.25) is 11.8 Å². The Balaban J connectivity index is 1.83. The van der Waals surface area contributed by atoms with Crippen LogP contribution in [0.3, 0.4) is 0 Å². The largest absolute Gasteiger partial charge is 0.326 e. The highest BCUT2D eigenvalue weighted by Crippen LogP contribution is 2.22. The lowest BCUT2D eigenvalue weighted by atomic mass is 10.3. The first-order chi connectivity index (χ1) is 10.0. The molecule has 7 heteroatoms. The van der Waals surface area contributed by atoms with Gasteiger partial charge in [0.1, 0.15) is 0 Å². The minimum atomic E-state index is -0.123. The minimum Gasteiger partial charge on any atom is -0.326 e. The summed E-state index contributed by atoms with van der Waals surface area (Å²) in [6.07, 6.45) is 0. The molecule has 0 spiro atoms. The summed E-state index contributed by atoms with van der Waals surface area (Å²) < 4.78 is 0.892. The first kappa shape index (κ1) is 15.5. The zero-order valence-electron chi connectivity index (χ0n) is 11.7. The number of nitrogens with one attached hydrogen (secondary N) is 2. The number of anilines is 2. The highest BCUT2D eigenvalue weighted by molar-refractivity contribution is 8.01. The van der Waals surface area contributed by atoms with Gasteiger partial charge in [-0.25, -0.2) is 4.98 Å². The Morgan fingerprint density at radius 3 is 2.33 bits per heavy atom. The monoisotopic (exact) mass is 321 g/mol. The summed E-state index contributed by atoms with van der Waals surface area (Å²) in [5, 5.41) is 7.43. The molecule has 0 radical (unpaired) electrons. The number of thiazole rings is 1. The molecule has 0 saturated heterocycles. The Morgan fingerprint density at radius 2 is 1.81 bits per heavy atom. The Hall–Kier alpha value is -1.86. The summed E-state index contributed by atoms with van der Waals surface area (Å²) >= 11 is 2.96. The standard InChI is InChI=1S/C14H15N3O2S2/c1-9-7-20-14(15-9)21-8-13(19)17-12-5-3-11(4-6-12)16-10(2)18/h3-7H,8H2,1-2H3,(H,16,18)(H,17,19). The fourth-order valence-corrected chi connectivity index (χ4v) is 3.21. The predicted molar refractivity (Wildman–Crippen MR) is 87.0 cm³/mol. The lowest BCUT2D eigenvalue weighted by Gasteiger charge is -2.06. The normalized spacial score (nSPS) is 10.2. The molecule has 0 aliphatic heterocycles. The third kappa shape index (κ3) is 5.20. The summed E-state index contributed by atoms with van der Waals surface area (Å²) in [5.74, 6) is 0.113. The van der Waals surface area contributed by atoms with Crippen molar-refractivity contribution in [2.45, 2.75) is 18.2 Å². The van der Waals surface area contributed by atoms with Crippen LogP contribution in [0.15, 0.2) is 34.0 Å². The predicted octanol–water partition coefficient (Wildman–Crippen LogP) is 3.14. The fraction of sp³-hybridized carbons (Fsp3) is 0.214. The van der Waals surface area contributed by atoms with Crippen LogP contribution >= 0.6 is 23.1 Å². The van der Waals surface area contributed by atoms with Crippen molar-refractivity contribution >= 4 is 46.3 Å². The Labute approximate surface area is 131 Å². The van der Waals surface area contributed by atoms with E-state index < -0.39 is 0 Å². The number of nitrogens with zero attached hydrogens (tertiary/aromatic N) is 1. The first-order valence-electron chi connectivity index (χ1n) is 6.25. The summed E-state index contributed by atoms with van der Waals surface area (Å²) in [6, 6.07) is 6.99. The summed E-state index contributed by atoms with van der Waals surface area (Å²) in [4.78, 5) is 27.0. The van der Waals surface area contributed by atoms with Gasteiger partial charge >= 0.3 is 0 Å². The van der Waals surface area contributed by atoms with Gasteiger partial charge in [0.15, 0.2) is 4.34 Å². The zero-order valence-corrected chi connectivity index (χ0v) is 13.3. The second kappa shape index (κ2) is 7.24.